The van der Waals surface area contributed by atoms with E-state index in [1.54, 1.807) is 18.2 Å². The van der Waals surface area contributed by atoms with Crippen LogP contribution in [0.25, 0.3) is 33.2 Å². The molecule has 0 atom stereocenters. The van der Waals surface area contributed by atoms with Crippen molar-refractivity contribution in [3.8, 4) is 28.5 Å². The van der Waals surface area contributed by atoms with E-state index < -0.39 is 0 Å². The van der Waals surface area contributed by atoms with Crippen molar-refractivity contribution >= 4 is 44.1 Å². The minimum Gasteiger partial charge on any atom is -0.369 e. The lowest BCUT2D eigenvalue weighted by Crippen LogP contribution is -2.14. The average molecular weight is 451 g/mol. The number of halogens is 2. The van der Waals surface area contributed by atoms with Crippen LogP contribution in [0.4, 0.5) is 5.82 Å². The summed E-state index contributed by atoms with van der Waals surface area (Å²) in [6, 6.07) is 17.4. The second-order valence-corrected chi connectivity index (χ2v) is 8.11. The summed E-state index contributed by atoms with van der Waals surface area (Å²) in [7, 11) is 0. The Labute approximate surface area is 174 Å². The molecule has 0 saturated heterocycles. The number of hydrogen-bond acceptors (Lipinski definition) is 3. The molecule has 0 radical (unpaired) electrons. The Hall–Kier alpha value is -2.81. The number of hydrogen-bond donors (Lipinski definition) is 1. The molecule has 0 amide bonds. The van der Waals surface area contributed by atoms with Gasteiger partial charge in [0.2, 0.25) is 0 Å². The first-order valence-corrected chi connectivity index (χ1v) is 9.98. The quantitative estimate of drug-likeness (QED) is 0.390. The zero-order valence-corrected chi connectivity index (χ0v) is 16.9. The molecular formula is C22H13BrClN3O. The Balaban J connectivity index is 1.97. The van der Waals surface area contributed by atoms with Crippen molar-refractivity contribution in [1.29, 1.82) is 5.26 Å². The summed E-state index contributed by atoms with van der Waals surface area (Å²) < 4.78 is 3.12. The van der Waals surface area contributed by atoms with Gasteiger partial charge in [0.05, 0.1) is 16.8 Å². The highest BCUT2D eigenvalue weighted by molar-refractivity contribution is 9.10. The van der Waals surface area contributed by atoms with Gasteiger partial charge in [0, 0.05) is 38.9 Å². The molecule has 1 N–H and O–H groups in total. The summed E-state index contributed by atoms with van der Waals surface area (Å²) >= 11 is 9.62. The molecule has 0 aromatic heterocycles. The van der Waals surface area contributed by atoms with Crippen molar-refractivity contribution < 1.29 is 0 Å². The third-order valence-electron chi connectivity index (χ3n) is 5.22. The van der Waals surface area contributed by atoms with Crippen molar-refractivity contribution in [2.24, 2.45) is 0 Å². The number of aromatic nitrogens is 1. The molecule has 2 aliphatic heterocycles. The van der Waals surface area contributed by atoms with E-state index >= 15 is 0 Å². The Kier molecular flexibility index (Phi) is 3.94. The maximum Gasteiger partial charge on any atom is 0.197 e. The molecule has 6 heteroatoms. The fourth-order valence-electron chi connectivity index (χ4n) is 3.98. The van der Waals surface area contributed by atoms with Crippen LogP contribution >= 0.6 is 27.5 Å². The number of nitriles is 1. The van der Waals surface area contributed by atoms with Gasteiger partial charge < -0.3 is 9.88 Å². The van der Waals surface area contributed by atoms with Gasteiger partial charge in [-0.1, -0.05) is 39.7 Å². The maximum atomic E-state index is 13.3. The van der Waals surface area contributed by atoms with E-state index in [1.165, 1.54) is 0 Å². The zero-order valence-electron chi connectivity index (χ0n) is 14.6. The molecule has 1 aliphatic carbocycles. The van der Waals surface area contributed by atoms with Gasteiger partial charge in [0.15, 0.2) is 5.43 Å². The van der Waals surface area contributed by atoms with Crippen LogP contribution in [0.2, 0.25) is 5.02 Å². The summed E-state index contributed by atoms with van der Waals surface area (Å²) in [4.78, 5) is 13.3. The molecule has 0 fully saturated rings. The normalized spacial score (nSPS) is 12.8. The van der Waals surface area contributed by atoms with Crippen LogP contribution in [0.5, 0.6) is 0 Å². The highest BCUT2D eigenvalue weighted by Crippen LogP contribution is 2.40. The summed E-state index contributed by atoms with van der Waals surface area (Å²) in [5.74, 6) is 0.772. The molecule has 2 aromatic rings. The SMILES string of the molecule is N#Cc1c2cc(-c3ccc(Br)cc3)n3c(c-2c(=O)c2ccc(Cl)cc12)NCC3. The highest BCUT2D eigenvalue weighted by atomic mass is 79.9. The summed E-state index contributed by atoms with van der Waals surface area (Å²) in [5.41, 5.74) is 3.60. The number of anilines is 1. The first-order chi connectivity index (χ1) is 13.6. The second-order valence-electron chi connectivity index (χ2n) is 6.76. The van der Waals surface area contributed by atoms with Crippen LogP contribution < -0.4 is 10.7 Å². The van der Waals surface area contributed by atoms with Crippen LogP contribution in [0.1, 0.15) is 5.56 Å². The predicted octanol–water partition coefficient (Wildman–Crippen LogP) is 5.49. The van der Waals surface area contributed by atoms with Gasteiger partial charge in [0.1, 0.15) is 11.9 Å². The van der Waals surface area contributed by atoms with Crippen molar-refractivity contribution in [1.82, 2.24) is 4.57 Å². The summed E-state index contributed by atoms with van der Waals surface area (Å²) in [5, 5.41) is 14.9. The number of benzene rings is 3. The van der Waals surface area contributed by atoms with Crippen LogP contribution in [-0.2, 0) is 6.54 Å². The van der Waals surface area contributed by atoms with Crippen molar-refractivity contribution in [3.63, 3.8) is 0 Å². The third-order valence-corrected chi connectivity index (χ3v) is 5.98. The number of rotatable bonds is 1. The smallest absolute Gasteiger partial charge is 0.197 e. The number of fused-ring (bicyclic) bond motifs is 4. The Bertz CT molecular complexity index is 1340. The van der Waals surface area contributed by atoms with Crippen molar-refractivity contribution in [2.45, 2.75) is 6.54 Å². The average Bonchev–Trinajstić information content (AvgIpc) is 3.18. The number of pyridine rings is 1. The molecule has 2 heterocycles. The topological polar surface area (TPSA) is 57.8 Å². The molecule has 4 nitrogen and oxygen atoms in total. The van der Waals surface area contributed by atoms with E-state index in [1.807, 2.05) is 30.3 Å². The first-order valence-electron chi connectivity index (χ1n) is 8.81. The van der Waals surface area contributed by atoms with E-state index in [9.17, 15) is 10.1 Å². The van der Waals surface area contributed by atoms with E-state index in [4.69, 9.17) is 11.6 Å². The molecule has 0 saturated carbocycles. The minimum absolute atomic E-state index is 0.0822. The second kappa shape index (κ2) is 6.37. The summed E-state index contributed by atoms with van der Waals surface area (Å²) in [6.45, 7) is 1.50. The molecule has 3 aliphatic rings. The van der Waals surface area contributed by atoms with Gasteiger partial charge in [-0.15, -0.1) is 0 Å². The van der Waals surface area contributed by atoms with Crippen molar-refractivity contribution in [2.75, 3.05) is 11.9 Å². The molecule has 2 aromatic carbocycles. The molecule has 0 unspecified atom stereocenters. The minimum atomic E-state index is -0.0822. The molecule has 0 bridgehead atoms. The lowest BCUT2D eigenvalue weighted by molar-refractivity contribution is 0.810. The maximum absolute atomic E-state index is 13.3. The zero-order chi connectivity index (χ0) is 19.4. The van der Waals surface area contributed by atoms with Gasteiger partial charge in [0.25, 0.3) is 0 Å². The van der Waals surface area contributed by atoms with Crippen LogP contribution in [-0.4, -0.2) is 11.1 Å². The van der Waals surface area contributed by atoms with Crippen LogP contribution in [0.15, 0.2) is 57.8 Å². The summed E-state index contributed by atoms with van der Waals surface area (Å²) in [6.07, 6.45) is 0. The van der Waals surface area contributed by atoms with E-state index in [0.29, 0.717) is 32.5 Å². The van der Waals surface area contributed by atoms with Gasteiger partial charge >= 0.3 is 0 Å². The Morgan fingerprint density at radius 1 is 1.11 bits per heavy atom. The highest BCUT2D eigenvalue weighted by Gasteiger charge is 2.27. The fraction of sp³-hybridized carbons (Fsp3) is 0.0909. The standard InChI is InChI=1S/C22H13BrClN3O/c23-13-3-1-12(2-4-13)19-10-17-18(11-25)16-9-14(24)5-6-15(16)21(28)20(17)22-26-7-8-27(19)22/h1-6,9-10,26H,7-8H2. The van der Waals surface area contributed by atoms with Gasteiger partial charge in [-0.3, -0.25) is 4.79 Å². The number of nitrogens with zero attached hydrogens (tertiary/aromatic N) is 2. The van der Waals surface area contributed by atoms with Crippen LogP contribution in [0.3, 0.4) is 0 Å². The molecule has 28 heavy (non-hydrogen) atoms. The molecule has 5 rings (SSSR count). The van der Waals surface area contributed by atoms with Gasteiger partial charge in [-0.25, -0.2) is 0 Å². The van der Waals surface area contributed by atoms with Gasteiger partial charge in [-0.2, -0.15) is 5.26 Å². The monoisotopic (exact) mass is 449 g/mol. The van der Waals surface area contributed by atoms with Gasteiger partial charge in [-0.05, 0) is 42.0 Å². The fourth-order valence-corrected chi connectivity index (χ4v) is 4.42. The lowest BCUT2D eigenvalue weighted by atomic mass is 9.90. The Morgan fingerprint density at radius 2 is 1.89 bits per heavy atom. The Morgan fingerprint density at radius 3 is 2.64 bits per heavy atom. The lowest BCUT2D eigenvalue weighted by Gasteiger charge is -2.20. The van der Waals surface area contributed by atoms with E-state index in [-0.39, 0.29) is 5.43 Å². The third kappa shape index (κ3) is 2.46. The molecule has 136 valence electrons. The van der Waals surface area contributed by atoms with Crippen LogP contribution in [0, 0.1) is 11.3 Å². The molecule has 0 spiro atoms. The number of nitrogens with one attached hydrogen (secondary N) is 1. The predicted molar refractivity (Wildman–Crippen MR) is 116 cm³/mol. The first kappa shape index (κ1) is 17.3. The largest absolute Gasteiger partial charge is 0.369 e. The van der Waals surface area contributed by atoms with E-state index in [2.05, 4.69) is 31.9 Å². The molecular weight excluding hydrogens is 438 g/mol. The van der Waals surface area contributed by atoms with Crippen molar-refractivity contribution in [3.05, 3.63) is 73.8 Å². The van der Waals surface area contributed by atoms with E-state index in [0.717, 1.165) is 34.6 Å².